The molecule has 0 radical (unpaired) electrons. The predicted octanol–water partition coefficient (Wildman–Crippen LogP) is 5.43. The second-order valence-electron chi connectivity index (χ2n) is 7.31. The topological polar surface area (TPSA) is 96.2 Å². The molecule has 194 valence electrons. The summed E-state index contributed by atoms with van der Waals surface area (Å²) in [5.74, 6) is -1.36. The van der Waals surface area contributed by atoms with Crippen molar-refractivity contribution in [2.75, 3.05) is 13.1 Å². The number of aromatic nitrogens is 2. The number of hydrogen-bond acceptors (Lipinski definition) is 5. The molecule has 3 N–H and O–H groups in total. The van der Waals surface area contributed by atoms with Crippen molar-refractivity contribution in [3.63, 3.8) is 0 Å². The average Bonchev–Trinajstić information content (AvgIpc) is 3.17. The summed E-state index contributed by atoms with van der Waals surface area (Å²) in [6, 6.07) is 9.09. The third-order valence-electron chi connectivity index (χ3n) is 4.87. The zero-order valence-corrected chi connectivity index (χ0v) is 22.6. The molecule has 0 saturated heterocycles. The Balaban J connectivity index is 0.00000222. The maximum atomic E-state index is 13.8. The van der Waals surface area contributed by atoms with Crippen LogP contribution in [0.2, 0.25) is 0 Å². The van der Waals surface area contributed by atoms with Crippen molar-refractivity contribution < 1.29 is 22.3 Å². The van der Waals surface area contributed by atoms with Gasteiger partial charge in [0.1, 0.15) is 28.1 Å². The fourth-order valence-corrected chi connectivity index (χ4v) is 4.48. The van der Waals surface area contributed by atoms with Gasteiger partial charge in [-0.1, -0.05) is 38.6 Å². The van der Waals surface area contributed by atoms with E-state index in [2.05, 4.69) is 37.6 Å². The summed E-state index contributed by atoms with van der Waals surface area (Å²) in [6.07, 6.45) is 3.71. The molecule has 0 saturated carbocycles. The molecular weight excluding hydrogens is 554 g/mol. The molecule has 7 nitrogen and oxygen atoms in total. The zero-order chi connectivity index (χ0) is 26.9. The number of hydrogen-bond donors (Lipinski definition) is 3. The number of benzene rings is 2. The van der Waals surface area contributed by atoms with Gasteiger partial charge in [0.25, 0.3) is 0 Å². The fourth-order valence-electron chi connectivity index (χ4n) is 3.09. The number of aromatic hydroxyl groups is 1. The Morgan fingerprint density at radius 3 is 2.50 bits per heavy atom. The fraction of sp³-hybridized carbons (Fsp3) is 0.240. The van der Waals surface area contributed by atoms with Crippen molar-refractivity contribution in [1.82, 2.24) is 19.8 Å². The summed E-state index contributed by atoms with van der Waals surface area (Å²) in [4.78, 5) is -0.613. The molecule has 1 aromatic heterocycles. The van der Waals surface area contributed by atoms with Gasteiger partial charge >= 0.3 is 0 Å². The van der Waals surface area contributed by atoms with Gasteiger partial charge in [0.05, 0.1) is 16.4 Å². The molecule has 0 bridgehead atoms. The number of para-hydroxylation sites is 1. The number of phenols is 1. The minimum Gasteiger partial charge on any atom is -0.507 e. The first-order chi connectivity index (χ1) is 17.1. The zero-order valence-electron chi connectivity index (χ0n) is 20.2. The molecule has 3 aromatic rings. The summed E-state index contributed by atoms with van der Waals surface area (Å²) < 4.78 is 56.2. The van der Waals surface area contributed by atoms with E-state index in [0.29, 0.717) is 36.0 Å². The summed E-state index contributed by atoms with van der Waals surface area (Å²) in [5, 5.41) is 17.6. The highest BCUT2D eigenvalue weighted by Gasteiger charge is 2.19. The van der Waals surface area contributed by atoms with Crippen LogP contribution >= 0.6 is 15.9 Å². The molecular formula is C25H29BrF2N4O3S. The van der Waals surface area contributed by atoms with E-state index in [9.17, 15) is 22.3 Å². The maximum Gasteiger partial charge on any atom is 0.243 e. The lowest BCUT2D eigenvalue weighted by Crippen LogP contribution is -2.28. The molecule has 0 atom stereocenters. The number of rotatable bonds is 10. The molecule has 0 spiro atoms. The number of allylic oxidation sites excluding steroid dienone is 2. The van der Waals surface area contributed by atoms with E-state index in [0.717, 1.165) is 22.3 Å². The van der Waals surface area contributed by atoms with Crippen molar-refractivity contribution in [1.29, 1.82) is 0 Å². The second-order valence-corrected chi connectivity index (χ2v) is 9.90. The molecule has 0 unspecified atom stereocenters. The van der Waals surface area contributed by atoms with Gasteiger partial charge in [-0.2, -0.15) is 5.10 Å². The van der Waals surface area contributed by atoms with Crippen LogP contribution in [0.25, 0.3) is 11.4 Å². The van der Waals surface area contributed by atoms with E-state index in [1.165, 1.54) is 0 Å². The van der Waals surface area contributed by atoms with Gasteiger partial charge < -0.3 is 10.4 Å². The molecule has 1 heterocycles. The second kappa shape index (κ2) is 13.3. The molecule has 11 heteroatoms. The van der Waals surface area contributed by atoms with E-state index in [-0.39, 0.29) is 12.3 Å². The van der Waals surface area contributed by atoms with Crippen molar-refractivity contribution >= 4 is 37.3 Å². The van der Waals surface area contributed by atoms with E-state index in [4.69, 9.17) is 0 Å². The summed E-state index contributed by atoms with van der Waals surface area (Å²) in [5.41, 5.74) is 1.91. The van der Waals surface area contributed by atoms with Gasteiger partial charge in [0, 0.05) is 24.7 Å². The third-order valence-corrected chi connectivity index (χ3v) is 7.15. The Morgan fingerprint density at radius 1 is 1.19 bits per heavy atom. The Bertz CT molecular complexity index is 1340. The predicted molar refractivity (Wildman–Crippen MR) is 142 cm³/mol. The van der Waals surface area contributed by atoms with Crippen molar-refractivity contribution in [2.45, 2.75) is 32.1 Å². The largest absolute Gasteiger partial charge is 0.507 e. The summed E-state index contributed by atoms with van der Waals surface area (Å²) in [6.45, 7) is 10.2. The van der Waals surface area contributed by atoms with Crippen LogP contribution in [0.1, 0.15) is 31.5 Å². The van der Waals surface area contributed by atoms with Crippen LogP contribution in [0.3, 0.4) is 0 Å². The summed E-state index contributed by atoms with van der Waals surface area (Å²) in [7, 11) is -4.12. The number of phenolic OH excluding ortho intramolecular Hbond substituents is 1. The Labute approximate surface area is 218 Å². The Hall–Kier alpha value is -3.02. The molecule has 0 aliphatic heterocycles. The minimum absolute atomic E-state index is 0.0155. The van der Waals surface area contributed by atoms with Crippen LogP contribution < -0.4 is 10.0 Å². The van der Waals surface area contributed by atoms with Crippen molar-refractivity contribution in [3.8, 4) is 5.75 Å². The van der Waals surface area contributed by atoms with Crippen LogP contribution in [0, 0.1) is 18.6 Å². The molecule has 0 aliphatic carbocycles. The number of halogens is 3. The molecule has 3 rings (SSSR count). The average molecular weight is 583 g/mol. The van der Waals surface area contributed by atoms with Gasteiger partial charge in [0.2, 0.25) is 10.0 Å². The van der Waals surface area contributed by atoms with E-state index in [1.807, 2.05) is 20.8 Å². The Kier molecular flexibility index (Phi) is 10.8. The highest BCUT2D eigenvalue weighted by molar-refractivity contribution is 9.10. The van der Waals surface area contributed by atoms with Gasteiger partial charge in [-0.05, 0) is 59.1 Å². The SMILES string of the molecule is C=C(/C=C(/NCCCNS(=O)(=O)c1ccc(F)cc1F)n1ncc(Br)c1C)c1ccccc1O.CC. The molecule has 2 aromatic carbocycles. The third kappa shape index (κ3) is 7.49. The number of nitrogens with zero attached hydrogens (tertiary/aromatic N) is 2. The quantitative estimate of drug-likeness (QED) is 0.219. The standard InChI is InChI=1S/C23H23BrF2N4O3S.C2H6/c1-15(18-6-3-4-7-21(18)31)12-23(30-16(2)19(24)14-28-30)27-10-5-11-29-34(32,33)22-9-8-17(25)13-20(22)26;1-2/h3-4,6-9,12-14,27,29,31H,1,5,10-11H2,2H3;1-2H3/b23-12-;. The molecule has 0 aliphatic rings. The molecule has 0 amide bonds. The first kappa shape index (κ1) is 29.2. The monoisotopic (exact) mass is 582 g/mol. The lowest BCUT2D eigenvalue weighted by molar-refractivity contribution is 0.474. The molecule has 36 heavy (non-hydrogen) atoms. The first-order valence-corrected chi connectivity index (χ1v) is 13.5. The number of sulfonamides is 1. The first-order valence-electron chi connectivity index (χ1n) is 11.2. The van der Waals surface area contributed by atoms with Crippen LogP contribution in [-0.2, 0) is 10.0 Å². The van der Waals surface area contributed by atoms with Crippen molar-refractivity contribution in [3.05, 3.63) is 88.7 Å². The lowest BCUT2D eigenvalue weighted by atomic mass is 10.1. The summed E-state index contributed by atoms with van der Waals surface area (Å²) >= 11 is 3.42. The van der Waals surface area contributed by atoms with Crippen LogP contribution in [0.15, 0.2) is 70.7 Å². The number of nitrogens with one attached hydrogen (secondary N) is 2. The van der Waals surface area contributed by atoms with E-state index in [1.54, 1.807) is 41.2 Å². The normalized spacial score (nSPS) is 11.6. The van der Waals surface area contributed by atoms with Crippen LogP contribution in [-0.4, -0.2) is 36.4 Å². The van der Waals surface area contributed by atoms with Gasteiger partial charge in [-0.3, -0.25) is 0 Å². The minimum atomic E-state index is -4.12. The van der Waals surface area contributed by atoms with E-state index >= 15 is 0 Å². The maximum absolute atomic E-state index is 13.8. The van der Waals surface area contributed by atoms with Crippen LogP contribution in [0.4, 0.5) is 8.78 Å². The molecule has 0 fully saturated rings. The Morgan fingerprint density at radius 2 is 1.89 bits per heavy atom. The van der Waals surface area contributed by atoms with Gasteiger partial charge in [0.15, 0.2) is 0 Å². The highest BCUT2D eigenvalue weighted by Crippen LogP contribution is 2.26. The van der Waals surface area contributed by atoms with E-state index < -0.39 is 26.6 Å². The van der Waals surface area contributed by atoms with Crippen LogP contribution in [0.5, 0.6) is 5.75 Å². The van der Waals surface area contributed by atoms with Gasteiger partial charge in [-0.25, -0.2) is 26.6 Å². The smallest absolute Gasteiger partial charge is 0.243 e. The van der Waals surface area contributed by atoms with Crippen molar-refractivity contribution in [2.24, 2.45) is 0 Å². The lowest BCUT2D eigenvalue weighted by Gasteiger charge is -2.15. The highest BCUT2D eigenvalue weighted by atomic mass is 79.9. The van der Waals surface area contributed by atoms with Gasteiger partial charge in [-0.15, -0.1) is 0 Å².